The van der Waals surface area contributed by atoms with Crippen molar-refractivity contribution in [1.29, 1.82) is 0 Å². The first-order valence-electron chi connectivity index (χ1n) is 7.89. The number of ether oxygens (including phenoxy) is 1. The van der Waals surface area contributed by atoms with E-state index in [1.54, 1.807) is 0 Å². The van der Waals surface area contributed by atoms with Gasteiger partial charge >= 0.3 is 5.97 Å². The third-order valence-electron chi connectivity index (χ3n) is 5.45. The number of carbonyl (C=O) groups excluding carboxylic acids is 2. The van der Waals surface area contributed by atoms with Gasteiger partial charge in [-0.3, -0.25) is 9.59 Å². The van der Waals surface area contributed by atoms with Crippen LogP contribution in [0.3, 0.4) is 0 Å². The molecule has 116 valence electrons. The molecule has 3 nitrogen and oxygen atoms in total. The number of carbonyl (C=O) groups is 2. The topological polar surface area (TPSA) is 43.4 Å². The molecule has 1 fully saturated rings. The molecule has 0 amide bonds. The summed E-state index contributed by atoms with van der Waals surface area (Å²) in [7, 11) is 0. The first kappa shape index (κ1) is 16.0. The quantitative estimate of drug-likeness (QED) is 0.586. The molecule has 0 aromatic carbocycles. The Morgan fingerprint density at radius 1 is 1.52 bits per heavy atom. The van der Waals surface area contributed by atoms with Gasteiger partial charge in [-0.15, -0.1) is 0 Å². The maximum absolute atomic E-state index is 12.2. The zero-order valence-electron chi connectivity index (χ0n) is 13.6. The number of allylic oxidation sites excluding steroid dienone is 3. The monoisotopic (exact) mass is 290 g/mol. The molecule has 0 heterocycles. The van der Waals surface area contributed by atoms with Gasteiger partial charge in [0.1, 0.15) is 6.10 Å². The Morgan fingerprint density at radius 3 is 2.76 bits per heavy atom. The molecule has 0 aromatic rings. The molecule has 0 aromatic heterocycles. The summed E-state index contributed by atoms with van der Waals surface area (Å²) in [6, 6.07) is 0. The molecule has 0 aliphatic heterocycles. The molecule has 3 heteroatoms. The summed E-state index contributed by atoms with van der Waals surface area (Å²) < 4.78 is 5.62. The highest BCUT2D eigenvalue weighted by Gasteiger charge is 2.48. The summed E-state index contributed by atoms with van der Waals surface area (Å²) in [6.07, 6.45) is 4.65. The molecule has 2 aliphatic carbocycles. The van der Waals surface area contributed by atoms with Crippen molar-refractivity contribution in [2.75, 3.05) is 0 Å². The van der Waals surface area contributed by atoms with Crippen LogP contribution in [0, 0.1) is 17.3 Å². The van der Waals surface area contributed by atoms with Crippen molar-refractivity contribution in [2.24, 2.45) is 17.3 Å². The van der Waals surface area contributed by atoms with Crippen LogP contribution in [0.4, 0.5) is 0 Å². The fourth-order valence-corrected chi connectivity index (χ4v) is 3.72. The maximum atomic E-state index is 12.2. The SMILES string of the molecule is C=C(C)C1CC2(C)C(=CC1=O)CCC(OC(=O)CC)C2C. The van der Waals surface area contributed by atoms with Crippen LogP contribution >= 0.6 is 0 Å². The van der Waals surface area contributed by atoms with Crippen molar-refractivity contribution in [3.63, 3.8) is 0 Å². The number of esters is 1. The van der Waals surface area contributed by atoms with E-state index in [-0.39, 0.29) is 35.1 Å². The summed E-state index contributed by atoms with van der Waals surface area (Å²) in [5, 5.41) is 0. The Morgan fingerprint density at radius 2 is 2.19 bits per heavy atom. The summed E-state index contributed by atoms with van der Waals surface area (Å²) in [5.74, 6) is 0.183. The van der Waals surface area contributed by atoms with Gasteiger partial charge in [0.2, 0.25) is 0 Å². The fraction of sp³-hybridized carbons (Fsp3) is 0.667. The van der Waals surface area contributed by atoms with Crippen molar-refractivity contribution >= 4 is 11.8 Å². The molecular formula is C18H26O3. The van der Waals surface area contributed by atoms with Crippen LogP contribution in [-0.4, -0.2) is 17.9 Å². The number of fused-ring (bicyclic) bond motifs is 1. The number of ketones is 1. The van der Waals surface area contributed by atoms with Gasteiger partial charge in [-0.05, 0) is 37.7 Å². The van der Waals surface area contributed by atoms with Gasteiger partial charge in [0.05, 0.1) is 0 Å². The second-order valence-electron chi connectivity index (χ2n) is 6.80. The smallest absolute Gasteiger partial charge is 0.305 e. The van der Waals surface area contributed by atoms with Crippen molar-refractivity contribution in [2.45, 2.75) is 59.5 Å². The van der Waals surface area contributed by atoms with Crippen molar-refractivity contribution in [3.8, 4) is 0 Å². The van der Waals surface area contributed by atoms with E-state index in [2.05, 4.69) is 20.4 Å². The summed E-state index contributed by atoms with van der Waals surface area (Å²) in [5.41, 5.74) is 2.08. The lowest BCUT2D eigenvalue weighted by atomic mass is 9.57. The van der Waals surface area contributed by atoms with Crippen LogP contribution in [0.5, 0.6) is 0 Å². The summed E-state index contributed by atoms with van der Waals surface area (Å²) in [4.78, 5) is 23.8. The van der Waals surface area contributed by atoms with Crippen molar-refractivity contribution in [3.05, 3.63) is 23.8 Å². The highest BCUT2D eigenvalue weighted by atomic mass is 16.5. The van der Waals surface area contributed by atoms with E-state index >= 15 is 0 Å². The van der Waals surface area contributed by atoms with E-state index in [1.165, 1.54) is 5.57 Å². The predicted octanol–water partition coefficient (Wildman–Crippen LogP) is 3.84. The number of hydrogen-bond acceptors (Lipinski definition) is 3. The summed E-state index contributed by atoms with van der Waals surface area (Å²) in [6.45, 7) is 12.1. The normalized spacial score (nSPS) is 35.7. The Labute approximate surface area is 127 Å². The average molecular weight is 290 g/mol. The Balaban J connectivity index is 2.27. The second kappa shape index (κ2) is 5.78. The fourth-order valence-electron chi connectivity index (χ4n) is 3.72. The third-order valence-corrected chi connectivity index (χ3v) is 5.45. The molecule has 2 aliphatic rings. The zero-order valence-corrected chi connectivity index (χ0v) is 13.6. The highest BCUT2D eigenvalue weighted by molar-refractivity contribution is 5.95. The maximum Gasteiger partial charge on any atom is 0.305 e. The highest BCUT2D eigenvalue weighted by Crippen LogP contribution is 2.52. The van der Waals surface area contributed by atoms with Crippen LogP contribution in [0.2, 0.25) is 0 Å². The largest absolute Gasteiger partial charge is 0.462 e. The molecular weight excluding hydrogens is 264 g/mol. The molecule has 1 saturated carbocycles. The minimum absolute atomic E-state index is 0.0430. The first-order valence-corrected chi connectivity index (χ1v) is 7.89. The van der Waals surface area contributed by atoms with E-state index in [0.29, 0.717) is 6.42 Å². The van der Waals surface area contributed by atoms with Gasteiger partial charge in [-0.1, -0.05) is 38.5 Å². The average Bonchev–Trinajstić information content (AvgIpc) is 2.43. The van der Waals surface area contributed by atoms with Crippen molar-refractivity contribution in [1.82, 2.24) is 0 Å². The van der Waals surface area contributed by atoms with E-state index in [9.17, 15) is 9.59 Å². The minimum Gasteiger partial charge on any atom is -0.462 e. The Bertz CT molecular complexity index is 503. The predicted molar refractivity (Wildman–Crippen MR) is 82.7 cm³/mol. The molecule has 2 rings (SSSR count). The standard InChI is InChI=1S/C18H26O3/c1-6-17(20)21-16-8-7-13-9-15(19)14(11(2)3)10-18(13,5)12(16)4/h9,12,14,16H,2,6-8,10H2,1,3-5H3. The Kier molecular flexibility index (Phi) is 4.40. The Hall–Kier alpha value is -1.38. The molecule has 0 radical (unpaired) electrons. The zero-order chi connectivity index (χ0) is 15.8. The van der Waals surface area contributed by atoms with Gasteiger partial charge in [-0.25, -0.2) is 0 Å². The van der Waals surface area contributed by atoms with E-state index in [4.69, 9.17) is 4.74 Å². The molecule has 0 saturated heterocycles. The van der Waals surface area contributed by atoms with Crippen LogP contribution < -0.4 is 0 Å². The van der Waals surface area contributed by atoms with Crippen LogP contribution in [0.25, 0.3) is 0 Å². The van der Waals surface area contributed by atoms with Gasteiger partial charge in [0, 0.05) is 18.3 Å². The molecule has 4 atom stereocenters. The second-order valence-corrected chi connectivity index (χ2v) is 6.80. The summed E-state index contributed by atoms with van der Waals surface area (Å²) >= 11 is 0. The van der Waals surface area contributed by atoms with Gasteiger partial charge in [0.15, 0.2) is 5.78 Å². The van der Waals surface area contributed by atoms with Crippen LogP contribution in [0.15, 0.2) is 23.8 Å². The lowest BCUT2D eigenvalue weighted by molar-refractivity contribution is -0.156. The lowest BCUT2D eigenvalue weighted by Gasteiger charge is -2.49. The molecule has 0 spiro atoms. The first-order chi connectivity index (χ1) is 9.79. The molecule has 21 heavy (non-hydrogen) atoms. The molecule has 0 bridgehead atoms. The number of hydrogen-bond donors (Lipinski definition) is 0. The lowest BCUT2D eigenvalue weighted by Crippen LogP contribution is -2.46. The van der Waals surface area contributed by atoms with E-state index in [0.717, 1.165) is 24.8 Å². The molecule has 4 unspecified atom stereocenters. The van der Waals surface area contributed by atoms with E-state index in [1.807, 2.05) is 19.9 Å². The minimum atomic E-state index is -0.133. The van der Waals surface area contributed by atoms with Crippen LogP contribution in [-0.2, 0) is 14.3 Å². The number of rotatable bonds is 3. The van der Waals surface area contributed by atoms with E-state index < -0.39 is 0 Å². The van der Waals surface area contributed by atoms with Gasteiger partial charge in [-0.2, -0.15) is 0 Å². The third kappa shape index (κ3) is 2.83. The van der Waals surface area contributed by atoms with Gasteiger partial charge < -0.3 is 4.74 Å². The van der Waals surface area contributed by atoms with Crippen LogP contribution in [0.1, 0.15) is 53.4 Å². The van der Waals surface area contributed by atoms with Crippen molar-refractivity contribution < 1.29 is 14.3 Å². The molecule has 0 N–H and O–H groups in total. The van der Waals surface area contributed by atoms with Gasteiger partial charge in [0.25, 0.3) is 0 Å².